The molecule has 0 saturated carbocycles. The third-order valence-corrected chi connectivity index (χ3v) is 3.52. The molecule has 0 saturated heterocycles. The SMILES string of the molecule is OC(c1cccc(Cl)c1F)c1ccnn1-c1ccccc1. The number of aromatic nitrogens is 2. The topological polar surface area (TPSA) is 38.1 Å². The Hall–Kier alpha value is -2.17. The van der Waals surface area contributed by atoms with Crippen molar-refractivity contribution in [1.29, 1.82) is 0 Å². The summed E-state index contributed by atoms with van der Waals surface area (Å²) in [5.74, 6) is -0.618. The van der Waals surface area contributed by atoms with E-state index >= 15 is 0 Å². The molecule has 3 aromatic rings. The second kappa shape index (κ2) is 5.68. The normalized spacial score (nSPS) is 12.3. The number of nitrogens with zero attached hydrogens (tertiary/aromatic N) is 2. The molecule has 1 aromatic heterocycles. The molecule has 21 heavy (non-hydrogen) atoms. The van der Waals surface area contributed by atoms with Crippen LogP contribution in [0.5, 0.6) is 0 Å². The molecule has 2 aromatic carbocycles. The molecule has 0 radical (unpaired) electrons. The van der Waals surface area contributed by atoms with Crippen LogP contribution in [0.25, 0.3) is 5.69 Å². The Morgan fingerprint density at radius 3 is 2.57 bits per heavy atom. The van der Waals surface area contributed by atoms with Crippen LogP contribution >= 0.6 is 11.6 Å². The number of hydrogen-bond acceptors (Lipinski definition) is 2. The maximum atomic E-state index is 14.1. The first kappa shape index (κ1) is 13.8. The Labute approximate surface area is 126 Å². The van der Waals surface area contributed by atoms with Crippen LogP contribution in [-0.2, 0) is 0 Å². The van der Waals surface area contributed by atoms with E-state index in [4.69, 9.17) is 11.6 Å². The van der Waals surface area contributed by atoms with Crippen LogP contribution in [0.3, 0.4) is 0 Å². The highest BCUT2D eigenvalue weighted by atomic mass is 35.5. The van der Waals surface area contributed by atoms with Crippen LogP contribution < -0.4 is 0 Å². The summed E-state index contributed by atoms with van der Waals surface area (Å²) in [4.78, 5) is 0. The fraction of sp³-hybridized carbons (Fsp3) is 0.0625. The van der Waals surface area contributed by atoms with Gasteiger partial charge in [0.1, 0.15) is 11.9 Å². The van der Waals surface area contributed by atoms with Crippen LogP contribution in [0.15, 0.2) is 60.8 Å². The van der Waals surface area contributed by atoms with Crippen molar-refractivity contribution in [2.75, 3.05) is 0 Å². The summed E-state index contributed by atoms with van der Waals surface area (Å²) < 4.78 is 15.6. The van der Waals surface area contributed by atoms with Gasteiger partial charge in [-0.05, 0) is 24.3 Å². The molecule has 0 aliphatic carbocycles. The number of halogens is 2. The van der Waals surface area contributed by atoms with Gasteiger partial charge in [-0.15, -0.1) is 0 Å². The van der Waals surface area contributed by atoms with Gasteiger partial charge < -0.3 is 5.11 Å². The lowest BCUT2D eigenvalue weighted by molar-refractivity contribution is 0.207. The van der Waals surface area contributed by atoms with Crippen molar-refractivity contribution < 1.29 is 9.50 Å². The van der Waals surface area contributed by atoms with E-state index in [0.717, 1.165) is 5.69 Å². The monoisotopic (exact) mass is 302 g/mol. The van der Waals surface area contributed by atoms with E-state index in [-0.39, 0.29) is 10.6 Å². The lowest BCUT2D eigenvalue weighted by atomic mass is 10.1. The van der Waals surface area contributed by atoms with Gasteiger partial charge in [-0.1, -0.05) is 41.9 Å². The molecule has 1 N–H and O–H groups in total. The number of benzene rings is 2. The number of rotatable bonds is 3. The van der Waals surface area contributed by atoms with Crippen LogP contribution in [0.4, 0.5) is 4.39 Å². The molecule has 3 rings (SSSR count). The van der Waals surface area contributed by atoms with E-state index in [2.05, 4.69) is 5.10 Å². The quantitative estimate of drug-likeness (QED) is 0.800. The Balaban J connectivity index is 2.06. The summed E-state index contributed by atoms with van der Waals surface area (Å²) in [6, 6.07) is 15.6. The Bertz CT molecular complexity index is 758. The van der Waals surface area contributed by atoms with Gasteiger partial charge in [0.15, 0.2) is 0 Å². The highest BCUT2D eigenvalue weighted by Gasteiger charge is 2.20. The molecule has 1 atom stereocenters. The molecule has 106 valence electrons. The Morgan fingerprint density at radius 1 is 1.05 bits per heavy atom. The molecule has 0 spiro atoms. The molecular weight excluding hydrogens is 291 g/mol. The van der Waals surface area contributed by atoms with Crippen molar-refractivity contribution in [3.8, 4) is 5.69 Å². The number of aliphatic hydroxyl groups is 1. The van der Waals surface area contributed by atoms with Gasteiger partial charge in [-0.3, -0.25) is 0 Å². The zero-order chi connectivity index (χ0) is 14.8. The van der Waals surface area contributed by atoms with Crippen LogP contribution in [-0.4, -0.2) is 14.9 Å². The molecule has 0 amide bonds. The van der Waals surface area contributed by atoms with Gasteiger partial charge in [0.2, 0.25) is 0 Å². The van der Waals surface area contributed by atoms with Crippen LogP contribution in [0.2, 0.25) is 5.02 Å². The van der Waals surface area contributed by atoms with E-state index in [1.807, 2.05) is 30.3 Å². The first-order valence-electron chi connectivity index (χ1n) is 6.40. The average Bonchev–Trinajstić information content (AvgIpc) is 3.00. The van der Waals surface area contributed by atoms with Gasteiger partial charge >= 0.3 is 0 Å². The van der Waals surface area contributed by atoms with Crippen molar-refractivity contribution in [3.63, 3.8) is 0 Å². The number of hydrogen-bond donors (Lipinski definition) is 1. The van der Waals surface area contributed by atoms with E-state index in [0.29, 0.717) is 5.69 Å². The van der Waals surface area contributed by atoms with Gasteiger partial charge in [-0.25, -0.2) is 9.07 Å². The highest BCUT2D eigenvalue weighted by Crippen LogP contribution is 2.28. The largest absolute Gasteiger partial charge is 0.382 e. The minimum atomic E-state index is -1.15. The number of aliphatic hydroxyl groups excluding tert-OH is 1. The van der Waals surface area contributed by atoms with Gasteiger partial charge in [0.25, 0.3) is 0 Å². The molecular formula is C16H12ClFN2O. The second-order valence-corrected chi connectivity index (χ2v) is 4.96. The molecule has 1 heterocycles. The second-order valence-electron chi connectivity index (χ2n) is 4.55. The molecule has 0 aliphatic rings. The molecule has 1 unspecified atom stereocenters. The summed E-state index contributed by atoms with van der Waals surface area (Å²) >= 11 is 5.77. The fourth-order valence-corrected chi connectivity index (χ4v) is 2.38. The zero-order valence-corrected chi connectivity index (χ0v) is 11.7. The maximum absolute atomic E-state index is 14.1. The van der Waals surface area contributed by atoms with Crippen LogP contribution in [0, 0.1) is 5.82 Å². The van der Waals surface area contributed by atoms with Gasteiger partial charge in [0, 0.05) is 11.8 Å². The predicted molar refractivity (Wildman–Crippen MR) is 79.0 cm³/mol. The molecule has 0 fully saturated rings. The Kier molecular flexibility index (Phi) is 3.73. The summed E-state index contributed by atoms with van der Waals surface area (Å²) in [7, 11) is 0. The third-order valence-electron chi connectivity index (χ3n) is 3.23. The van der Waals surface area contributed by atoms with Crippen molar-refractivity contribution in [2.24, 2.45) is 0 Å². The number of para-hydroxylation sites is 1. The summed E-state index contributed by atoms with van der Waals surface area (Å²) in [6.07, 6.45) is 0.417. The van der Waals surface area contributed by atoms with E-state index in [9.17, 15) is 9.50 Å². The first-order valence-corrected chi connectivity index (χ1v) is 6.77. The minimum Gasteiger partial charge on any atom is -0.382 e. The van der Waals surface area contributed by atoms with Crippen molar-refractivity contribution in [2.45, 2.75) is 6.10 Å². The minimum absolute atomic E-state index is 0.0164. The van der Waals surface area contributed by atoms with Gasteiger partial charge in [0.05, 0.1) is 16.4 Å². The van der Waals surface area contributed by atoms with E-state index < -0.39 is 11.9 Å². The van der Waals surface area contributed by atoms with Gasteiger partial charge in [-0.2, -0.15) is 5.10 Å². The van der Waals surface area contributed by atoms with E-state index in [1.165, 1.54) is 12.1 Å². The lowest BCUT2D eigenvalue weighted by Gasteiger charge is -2.15. The fourth-order valence-electron chi connectivity index (χ4n) is 2.20. The standard InChI is InChI=1S/C16H12ClFN2O/c17-13-8-4-7-12(15(13)18)16(21)14-9-10-19-20(14)11-5-2-1-3-6-11/h1-10,16,21H. The third kappa shape index (κ3) is 2.55. The lowest BCUT2D eigenvalue weighted by Crippen LogP contribution is -2.10. The van der Waals surface area contributed by atoms with Crippen LogP contribution in [0.1, 0.15) is 17.4 Å². The summed E-state index contributed by atoms with van der Waals surface area (Å²) in [5.41, 5.74) is 1.39. The smallest absolute Gasteiger partial charge is 0.147 e. The molecule has 3 nitrogen and oxygen atoms in total. The van der Waals surface area contributed by atoms with Crippen molar-refractivity contribution in [1.82, 2.24) is 9.78 Å². The Morgan fingerprint density at radius 2 is 1.81 bits per heavy atom. The van der Waals surface area contributed by atoms with Crippen molar-refractivity contribution in [3.05, 3.63) is 82.9 Å². The summed E-state index contributed by atoms with van der Waals surface area (Å²) in [6.45, 7) is 0. The molecule has 0 bridgehead atoms. The highest BCUT2D eigenvalue weighted by molar-refractivity contribution is 6.30. The van der Waals surface area contributed by atoms with E-state index in [1.54, 1.807) is 23.0 Å². The first-order chi connectivity index (χ1) is 10.2. The van der Waals surface area contributed by atoms with Crippen molar-refractivity contribution >= 4 is 11.6 Å². The molecule has 5 heteroatoms. The predicted octanol–water partition coefficient (Wildman–Crippen LogP) is 3.75. The zero-order valence-electron chi connectivity index (χ0n) is 10.9. The average molecular weight is 303 g/mol. The molecule has 0 aliphatic heterocycles. The summed E-state index contributed by atoms with van der Waals surface area (Å²) in [5, 5.41) is 14.6. The maximum Gasteiger partial charge on any atom is 0.147 e.